The summed E-state index contributed by atoms with van der Waals surface area (Å²) in [7, 11) is 0. The van der Waals surface area contributed by atoms with Crippen LogP contribution in [0.5, 0.6) is 5.75 Å². The van der Waals surface area contributed by atoms with Crippen LogP contribution in [0, 0.1) is 17.2 Å². The van der Waals surface area contributed by atoms with Gasteiger partial charge in [0.1, 0.15) is 23.8 Å². The predicted octanol–water partition coefficient (Wildman–Crippen LogP) is 5.58. The van der Waals surface area contributed by atoms with Crippen LogP contribution in [0.4, 0.5) is 23.2 Å². The number of hydrogen-bond donors (Lipinski definition) is 1. The first-order chi connectivity index (χ1) is 20.8. The highest BCUT2D eigenvalue weighted by Gasteiger charge is 2.56. The Kier molecular flexibility index (Phi) is 9.70. The highest BCUT2D eigenvalue weighted by Crippen LogP contribution is 2.44. The lowest BCUT2D eigenvalue weighted by molar-refractivity contribution is -0.176. The molecular formula is C30H28F4N4O5S. The zero-order valence-electron chi connectivity index (χ0n) is 23.7. The van der Waals surface area contributed by atoms with Crippen LogP contribution in [0.3, 0.4) is 0 Å². The van der Waals surface area contributed by atoms with Crippen molar-refractivity contribution in [3.63, 3.8) is 0 Å². The average molecular weight is 633 g/mol. The van der Waals surface area contributed by atoms with Gasteiger partial charge in [-0.3, -0.25) is 14.7 Å². The first kappa shape index (κ1) is 32.6. The van der Waals surface area contributed by atoms with Crippen LogP contribution >= 0.6 is 12.2 Å². The Bertz CT molecular complexity index is 1520. The summed E-state index contributed by atoms with van der Waals surface area (Å²) in [5.74, 6) is -3.83. The highest BCUT2D eigenvalue weighted by molar-refractivity contribution is 7.80. The number of thiocarbonyl (C=S) groups is 1. The maximum Gasteiger partial charge on any atom is 0.399 e. The molecule has 0 bridgehead atoms. The number of carboxylic acids is 1. The molecule has 9 nitrogen and oxygen atoms in total. The molecule has 1 aromatic carbocycles. The number of nitriles is 1. The van der Waals surface area contributed by atoms with E-state index in [4.69, 9.17) is 32.1 Å². The van der Waals surface area contributed by atoms with Crippen LogP contribution in [-0.4, -0.2) is 69.7 Å². The molecule has 1 saturated heterocycles. The fourth-order valence-electron chi connectivity index (χ4n) is 4.87. The number of anilines is 1. The van der Waals surface area contributed by atoms with Gasteiger partial charge in [0.05, 0.1) is 36.0 Å². The SMILES string of the molecule is CC1(C)C(=O)N(C2=CC=C(C#N)C(C(F)(F)F)C2F)C(=S)N1c1ccc(-c2ccc(OCCCCOCC(=O)O)cc2)nc1. The lowest BCUT2D eigenvalue weighted by Crippen LogP contribution is -2.45. The topological polar surface area (TPSA) is 116 Å². The normalized spacial score (nSPS) is 19.8. The van der Waals surface area contributed by atoms with Gasteiger partial charge in [-0.05, 0) is 87.5 Å². The molecule has 0 saturated carbocycles. The van der Waals surface area contributed by atoms with Crippen molar-refractivity contribution in [3.05, 3.63) is 66.0 Å². The fourth-order valence-corrected chi connectivity index (χ4v) is 5.39. The molecule has 1 amide bonds. The van der Waals surface area contributed by atoms with E-state index >= 15 is 4.39 Å². The number of hydrogen-bond acceptors (Lipinski definition) is 7. The second-order valence-corrected chi connectivity index (χ2v) is 10.9. The minimum absolute atomic E-state index is 0.215. The molecule has 0 radical (unpaired) electrons. The molecule has 4 rings (SSSR count). The molecule has 1 N–H and O–H groups in total. The van der Waals surface area contributed by atoms with Crippen LogP contribution in [0.25, 0.3) is 11.3 Å². The number of aliphatic carboxylic acids is 1. The van der Waals surface area contributed by atoms with Gasteiger partial charge < -0.3 is 19.5 Å². The number of unbranched alkanes of at least 4 members (excludes halogenated alkanes) is 1. The van der Waals surface area contributed by atoms with Crippen LogP contribution in [0.2, 0.25) is 0 Å². The van der Waals surface area contributed by atoms with E-state index in [1.807, 2.05) is 0 Å². The maximum absolute atomic E-state index is 15.4. The van der Waals surface area contributed by atoms with E-state index in [1.165, 1.54) is 31.0 Å². The second kappa shape index (κ2) is 13.1. The Morgan fingerprint density at radius 3 is 2.41 bits per heavy atom. The summed E-state index contributed by atoms with van der Waals surface area (Å²) < 4.78 is 67.0. The fraction of sp³-hybridized carbons (Fsp3) is 0.367. The number of amides is 1. The number of rotatable bonds is 11. The molecule has 1 fully saturated rings. The van der Waals surface area contributed by atoms with Crippen molar-refractivity contribution in [2.24, 2.45) is 5.92 Å². The maximum atomic E-state index is 15.4. The first-order valence-corrected chi connectivity index (χ1v) is 13.9. The van der Waals surface area contributed by atoms with Crippen molar-refractivity contribution in [1.29, 1.82) is 5.26 Å². The minimum atomic E-state index is -5.05. The Labute approximate surface area is 256 Å². The summed E-state index contributed by atoms with van der Waals surface area (Å²) >= 11 is 5.49. The first-order valence-electron chi connectivity index (χ1n) is 13.5. The summed E-state index contributed by atoms with van der Waals surface area (Å²) in [5.41, 5.74) is -1.04. The molecule has 2 unspecified atom stereocenters. The van der Waals surface area contributed by atoms with Gasteiger partial charge in [-0.2, -0.15) is 18.4 Å². The molecule has 0 spiro atoms. The van der Waals surface area contributed by atoms with Gasteiger partial charge in [-0.15, -0.1) is 0 Å². The van der Waals surface area contributed by atoms with Gasteiger partial charge in [-0.25, -0.2) is 9.18 Å². The largest absolute Gasteiger partial charge is 0.494 e. The summed E-state index contributed by atoms with van der Waals surface area (Å²) in [4.78, 5) is 30.5. The van der Waals surface area contributed by atoms with Crippen molar-refractivity contribution < 1.29 is 41.7 Å². The van der Waals surface area contributed by atoms with Gasteiger partial charge in [-0.1, -0.05) is 0 Å². The predicted molar refractivity (Wildman–Crippen MR) is 155 cm³/mol. The summed E-state index contributed by atoms with van der Waals surface area (Å²) in [6.45, 7) is 3.46. The minimum Gasteiger partial charge on any atom is -0.494 e. The van der Waals surface area contributed by atoms with E-state index in [0.29, 0.717) is 43.2 Å². The van der Waals surface area contributed by atoms with Crippen LogP contribution in [0.15, 0.2) is 66.0 Å². The van der Waals surface area contributed by atoms with Gasteiger partial charge in [0, 0.05) is 17.7 Å². The number of nitrogens with zero attached hydrogens (tertiary/aromatic N) is 4. The van der Waals surface area contributed by atoms with Crippen LogP contribution in [0.1, 0.15) is 26.7 Å². The molecule has 2 heterocycles. The molecule has 2 atom stereocenters. The quantitative estimate of drug-likeness (QED) is 0.192. The summed E-state index contributed by atoms with van der Waals surface area (Å²) in [6, 6.07) is 11.9. The van der Waals surface area contributed by atoms with E-state index in [-0.39, 0.29) is 11.7 Å². The number of benzene rings is 1. The second-order valence-electron chi connectivity index (χ2n) is 10.5. The lowest BCUT2D eigenvalue weighted by Gasteiger charge is -2.31. The van der Waals surface area contributed by atoms with Gasteiger partial charge in [0.25, 0.3) is 5.91 Å². The number of allylic oxidation sites excluding steroid dienone is 4. The molecule has 1 aromatic heterocycles. The number of carbonyl (C=O) groups excluding carboxylic acids is 1. The summed E-state index contributed by atoms with van der Waals surface area (Å²) in [6.07, 6.45) is -3.11. The third-order valence-electron chi connectivity index (χ3n) is 7.09. The molecule has 2 aliphatic rings. The third-order valence-corrected chi connectivity index (χ3v) is 7.45. The zero-order valence-corrected chi connectivity index (χ0v) is 24.5. The molecule has 14 heteroatoms. The van der Waals surface area contributed by atoms with E-state index in [0.717, 1.165) is 22.6 Å². The van der Waals surface area contributed by atoms with Crippen LogP contribution in [-0.2, 0) is 14.3 Å². The van der Waals surface area contributed by atoms with Gasteiger partial charge in [0.2, 0.25) is 0 Å². The number of ether oxygens (including phenoxy) is 2. The Hall–Kier alpha value is -4.35. The van der Waals surface area contributed by atoms with Gasteiger partial charge >= 0.3 is 12.1 Å². The van der Waals surface area contributed by atoms with Crippen molar-refractivity contribution in [1.82, 2.24) is 9.88 Å². The monoisotopic (exact) mass is 632 g/mol. The van der Waals surface area contributed by atoms with Crippen molar-refractivity contribution >= 4 is 34.9 Å². The Balaban J connectivity index is 1.45. The number of carboxylic acid groups (broad SMARTS) is 1. The van der Waals surface area contributed by atoms with Gasteiger partial charge in [0.15, 0.2) is 11.3 Å². The molecule has 1 aliphatic heterocycles. The van der Waals surface area contributed by atoms with Crippen molar-refractivity contribution in [2.75, 3.05) is 24.7 Å². The van der Waals surface area contributed by atoms with E-state index in [2.05, 4.69) is 4.98 Å². The van der Waals surface area contributed by atoms with Crippen molar-refractivity contribution in [2.45, 2.75) is 44.6 Å². The Morgan fingerprint density at radius 1 is 1.14 bits per heavy atom. The third kappa shape index (κ3) is 6.74. The number of halogens is 4. The Morgan fingerprint density at radius 2 is 1.82 bits per heavy atom. The van der Waals surface area contributed by atoms with Crippen molar-refractivity contribution in [3.8, 4) is 23.1 Å². The van der Waals surface area contributed by atoms with E-state index < -0.39 is 47.0 Å². The number of carbonyl (C=O) groups is 2. The standard InChI is InChI=1S/C30H28F4N4O5S/c1-29(2)27(41)37(23-12-7-19(15-35)25(26(23)31)30(32,33)34)28(44)38(29)20-8-11-22(36-16-20)18-5-9-21(10-6-18)43-14-4-3-13-42-17-24(39)40/h5-12,16,25-26H,3-4,13-14,17H2,1-2H3,(H,39,40). The molecule has 1 aliphatic carbocycles. The van der Waals surface area contributed by atoms with E-state index in [9.17, 15) is 22.8 Å². The number of aromatic nitrogens is 1. The highest BCUT2D eigenvalue weighted by atomic mass is 32.1. The molecule has 232 valence electrons. The molecule has 2 aromatic rings. The summed E-state index contributed by atoms with van der Waals surface area (Å²) in [5, 5.41) is 17.4. The molecule has 44 heavy (non-hydrogen) atoms. The number of alkyl halides is 4. The smallest absolute Gasteiger partial charge is 0.399 e. The lowest BCUT2D eigenvalue weighted by atomic mass is 9.87. The van der Waals surface area contributed by atoms with E-state index in [1.54, 1.807) is 36.4 Å². The number of pyridine rings is 1. The van der Waals surface area contributed by atoms with Crippen LogP contribution < -0.4 is 9.64 Å². The zero-order chi connectivity index (χ0) is 32.2. The molecular weight excluding hydrogens is 604 g/mol. The average Bonchev–Trinajstić information content (AvgIpc) is 3.14.